The molecule has 0 heterocycles. The molecule has 0 aliphatic rings. The van der Waals surface area contributed by atoms with Gasteiger partial charge in [-0.15, -0.1) is 0 Å². The van der Waals surface area contributed by atoms with E-state index in [2.05, 4.69) is 10.1 Å². The summed E-state index contributed by atoms with van der Waals surface area (Å²) in [6, 6.07) is -0.711. The molecule has 0 aliphatic carbocycles. The van der Waals surface area contributed by atoms with Crippen molar-refractivity contribution in [2.75, 3.05) is 7.11 Å². The van der Waals surface area contributed by atoms with Crippen molar-refractivity contribution in [1.82, 2.24) is 5.32 Å². The van der Waals surface area contributed by atoms with E-state index in [0.29, 0.717) is 0 Å². The lowest BCUT2D eigenvalue weighted by molar-refractivity contribution is -0.144. The highest BCUT2D eigenvalue weighted by atomic mass is 16.5. The quantitative estimate of drug-likeness (QED) is 0.482. The van der Waals surface area contributed by atoms with Crippen molar-refractivity contribution in [3.8, 4) is 0 Å². The topological polar surface area (TPSA) is 72.5 Å². The van der Waals surface area contributed by atoms with Crippen LogP contribution in [-0.4, -0.2) is 30.8 Å². The molecule has 0 fully saturated rings. The summed E-state index contributed by atoms with van der Waals surface area (Å²) < 4.78 is 4.38. The minimum Gasteiger partial charge on any atom is -0.467 e. The fourth-order valence-corrected chi connectivity index (χ4v) is 0.754. The van der Waals surface area contributed by atoms with Crippen molar-refractivity contribution in [2.45, 2.75) is 26.3 Å². The highest BCUT2D eigenvalue weighted by Gasteiger charge is 2.16. The molecule has 1 amide bonds. The summed E-state index contributed by atoms with van der Waals surface area (Å²) in [7, 11) is 1.23. The van der Waals surface area contributed by atoms with Crippen LogP contribution in [0.25, 0.3) is 0 Å². The highest BCUT2D eigenvalue weighted by Crippen LogP contribution is 1.88. The third-order valence-corrected chi connectivity index (χ3v) is 1.34. The molecule has 0 aromatic heterocycles. The van der Waals surface area contributed by atoms with Crippen LogP contribution in [-0.2, 0) is 19.1 Å². The zero-order valence-electron chi connectivity index (χ0n) is 7.92. The number of ether oxygens (including phenoxy) is 1. The Balaban J connectivity index is 3.91. The Morgan fingerprint density at radius 2 is 1.92 bits per heavy atom. The zero-order chi connectivity index (χ0) is 10.4. The Kier molecular flexibility index (Phi) is 4.72. The van der Waals surface area contributed by atoms with Gasteiger partial charge < -0.3 is 10.1 Å². The van der Waals surface area contributed by atoms with Crippen molar-refractivity contribution < 1.29 is 19.1 Å². The van der Waals surface area contributed by atoms with Crippen LogP contribution in [0.4, 0.5) is 0 Å². The van der Waals surface area contributed by atoms with E-state index in [1.165, 1.54) is 21.0 Å². The van der Waals surface area contributed by atoms with Crippen LogP contribution >= 0.6 is 0 Å². The average Bonchev–Trinajstić information content (AvgIpc) is 2.01. The Morgan fingerprint density at radius 3 is 2.31 bits per heavy atom. The van der Waals surface area contributed by atoms with Crippen molar-refractivity contribution in [3.63, 3.8) is 0 Å². The molecule has 0 radical (unpaired) electrons. The molecule has 0 unspecified atom stereocenters. The summed E-state index contributed by atoms with van der Waals surface area (Å²) in [4.78, 5) is 32.3. The Labute approximate surface area is 76.4 Å². The lowest BCUT2D eigenvalue weighted by Crippen LogP contribution is -2.39. The van der Waals surface area contributed by atoms with E-state index in [4.69, 9.17) is 0 Å². The molecule has 5 nitrogen and oxygen atoms in total. The number of amides is 1. The second-order valence-corrected chi connectivity index (χ2v) is 2.69. The first-order valence-electron chi connectivity index (χ1n) is 3.84. The van der Waals surface area contributed by atoms with E-state index < -0.39 is 17.9 Å². The van der Waals surface area contributed by atoms with Gasteiger partial charge in [-0.05, 0) is 13.8 Å². The van der Waals surface area contributed by atoms with Gasteiger partial charge in [-0.1, -0.05) is 0 Å². The second kappa shape index (κ2) is 5.29. The molecule has 1 N–H and O–H groups in total. The molecule has 13 heavy (non-hydrogen) atoms. The first kappa shape index (κ1) is 11.6. The van der Waals surface area contributed by atoms with Gasteiger partial charge in [0.1, 0.15) is 11.8 Å². The van der Waals surface area contributed by atoms with Crippen molar-refractivity contribution in [3.05, 3.63) is 0 Å². The zero-order valence-corrected chi connectivity index (χ0v) is 7.92. The molecule has 1 atom stereocenters. The standard InChI is InChI=1S/C8H13NO4/c1-5(10)4-7(11)9-6(2)8(12)13-3/h6H,4H2,1-3H3,(H,9,11)/t6-/m0/s1. The third-order valence-electron chi connectivity index (χ3n) is 1.34. The van der Waals surface area contributed by atoms with Crippen LogP contribution in [0, 0.1) is 0 Å². The number of rotatable bonds is 4. The highest BCUT2D eigenvalue weighted by molar-refractivity contribution is 5.98. The summed E-state index contributed by atoms with van der Waals surface area (Å²) in [6.07, 6.45) is -0.207. The maximum Gasteiger partial charge on any atom is 0.328 e. The predicted molar refractivity (Wildman–Crippen MR) is 44.9 cm³/mol. The van der Waals surface area contributed by atoms with Gasteiger partial charge in [0.15, 0.2) is 0 Å². The largest absolute Gasteiger partial charge is 0.467 e. The monoisotopic (exact) mass is 187 g/mol. The molecule has 0 aliphatic heterocycles. The molecule has 74 valence electrons. The second-order valence-electron chi connectivity index (χ2n) is 2.69. The molecule has 0 bridgehead atoms. The molecule has 0 aromatic carbocycles. The molecule has 0 rings (SSSR count). The number of ketones is 1. The smallest absolute Gasteiger partial charge is 0.328 e. The maximum atomic E-state index is 10.9. The van der Waals surface area contributed by atoms with Gasteiger partial charge in [-0.2, -0.15) is 0 Å². The van der Waals surface area contributed by atoms with Crippen LogP contribution in [0.1, 0.15) is 20.3 Å². The maximum absolute atomic E-state index is 10.9. The normalized spacial score (nSPS) is 11.6. The molecule has 5 heteroatoms. The minimum absolute atomic E-state index is 0.207. The Bertz CT molecular complexity index is 224. The number of nitrogens with one attached hydrogen (secondary N) is 1. The number of carbonyl (C=O) groups is 3. The summed E-state index contributed by atoms with van der Waals surface area (Å²) in [6.45, 7) is 2.80. The van der Waals surface area contributed by atoms with E-state index in [1.54, 1.807) is 0 Å². The van der Waals surface area contributed by atoms with Gasteiger partial charge in [-0.25, -0.2) is 4.79 Å². The number of carbonyl (C=O) groups excluding carboxylic acids is 3. The van der Waals surface area contributed by atoms with Gasteiger partial charge in [0, 0.05) is 0 Å². The van der Waals surface area contributed by atoms with Crippen molar-refractivity contribution in [1.29, 1.82) is 0 Å². The van der Waals surface area contributed by atoms with Crippen LogP contribution in [0.15, 0.2) is 0 Å². The average molecular weight is 187 g/mol. The number of esters is 1. The molecular weight excluding hydrogens is 174 g/mol. The summed E-state index contributed by atoms with van der Waals surface area (Å²) in [5.41, 5.74) is 0. The van der Waals surface area contributed by atoms with Crippen LogP contribution in [0.5, 0.6) is 0 Å². The van der Waals surface area contributed by atoms with Gasteiger partial charge in [0.2, 0.25) is 5.91 Å². The summed E-state index contributed by atoms with van der Waals surface area (Å²) >= 11 is 0. The van der Waals surface area contributed by atoms with Crippen molar-refractivity contribution >= 4 is 17.7 Å². The lowest BCUT2D eigenvalue weighted by Gasteiger charge is -2.10. The van der Waals surface area contributed by atoms with E-state index in [-0.39, 0.29) is 12.2 Å². The fourth-order valence-electron chi connectivity index (χ4n) is 0.754. The lowest BCUT2D eigenvalue weighted by atomic mass is 10.2. The van der Waals surface area contributed by atoms with E-state index >= 15 is 0 Å². The van der Waals surface area contributed by atoms with E-state index in [1.807, 2.05) is 0 Å². The first-order chi connectivity index (χ1) is 5.97. The van der Waals surface area contributed by atoms with Crippen molar-refractivity contribution in [2.24, 2.45) is 0 Å². The molecule has 0 aromatic rings. The van der Waals surface area contributed by atoms with Crippen LogP contribution in [0.3, 0.4) is 0 Å². The number of hydrogen-bond donors (Lipinski definition) is 1. The fraction of sp³-hybridized carbons (Fsp3) is 0.625. The Morgan fingerprint density at radius 1 is 1.38 bits per heavy atom. The summed E-state index contributed by atoms with van der Waals surface area (Å²) in [5.74, 6) is -1.24. The van der Waals surface area contributed by atoms with Gasteiger partial charge in [0.05, 0.1) is 13.5 Å². The van der Waals surface area contributed by atoms with Gasteiger partial charge >= 0.3 is 5.97 Å². The molecular formula is C8H13NO4. The van der Waals surface area contributed by atoms with Crippen LogP contribution in [0.2, 0.25) is 0 Å². The third kappa shape index (κ3) is 4.95. The number of Topliss-reactive ketones (excluding diaryl/α,β-unsaturated/α-hetero) is 1. The molecule has 0 saturated carbocycles. The SMILES string of the molecule is COC(=O)[C@H](C)NC(=O)CC(C)=O. The number of hydrogen-bond acceptors (Lipinski definition) is 4. The summed E-state index contributed by atoms with van der Waals surface area (Å²) in [5, 5.41) is 2.33. The minimum atomic E-state index is -0.711. The van der Waals surface area contributed by atoms with E-state index in [9.17, 15) is 14.4 Å². The first-order valence-corrected chi connectivity index (χ1v) is 3.84. The van der Waals surface area contributed by atoms with Gasteiger partial charge in [0.25, 0.3) is 0 Å². The predicted octanol–water partition coefficient (Wildman–Crippen LogP) is -0.357. The molecule has 0 spiro atoms. The molecule has 0 saturated heterocycles. The van der Waals surface area contributed by atoms with Crippen LogP contribution < -0.4 is 5.32 Å². The Hall–Kier alpha value is -1.39. The number of methoxy groups -OCH3 is 1. The van der Waals surface area contributed by atoms with E-state index in [0.717, 1.165) is 0 Å². The van der Waals surface area contributed by atoms with Gasteiger partial charge in [-0.3, -0.25) is 9.59 Å².